The molecule has 0 aliphatic rings. The van der Waals surface area contributed by atoms with Crippen molar-refractivity contribution in [1.29, 1.82) is 0 Å². The molecule has 0 saturated carbocycles. The zero-order valence-corrected chi connectivity index (χ0v) is 10.5. The molecule has 0 aliphatic heterocycles. The van der Waals surface area contributed by atoms with Crippen molar-refractivity contribution in [3.63, 3.8) is 0 Å². The van der Waals surface area contributed by atoms with Gasteiger partial charge in [0, 0.05) is 5.56 Å². The zero-order chi connectivity index (χ0) is 14.0. The fourth-order valence-corrected chi connectivity index (χ4v) is 1.97. The molecule has 3 nitrogen and oxygen atoms in total. The van der Waals surface area contributed by atoms with Gasteiger partial charge in [0.1, 0.15) is 5.15 Å². The van der Waals surface area contributed by atoms with Crippen molar-refractivity contribution in [2.24, 2.45) is 5.73 Å². The fraction of sp³-hybridized carbons (Fsp3) is 0.250. The Morgan fingerprint density at radius 3 is 2.68 bits per heavy atom. The Bertz CT molecular complexity index is 578. The summed E-state index contributed by atoms with van der Waals surface area (Å²) in [5.74, 6) is 0. The predicted molar refractivity (Wildman–Crippen MR) is 66.3 cm³/mol. The normalized spacial score (nSPS) is 11.8. The maximum Gasteiger partial charge on any atom is 0.416 e. The monoisotopic (exact) mass is 289 g/mol. The molecule has 19 heavy (non-hydrogen) atoms. The minimum Gasteiger partial charge on any atom is -0.330 e. The first-order chi connectivity index (χ1) is 8.93. The van der Waals surface area contributed by atoms with Crippen molar-refractivity contribution in [2.45, 2.75) is 12.6 Å². The number of nitrogens with two attached hydrogens (primary N) is 1. The number of hydrogen-bond donors (Lipinski definition) is 1. The van der Waals surface area contributed by atoms with Gasteiger partial charge >= 0.3 is 6.18 Å². The van der Waals surface area contributed by atoms with Gasteiger partial charge in [0.15, 0.2) is 0 Å². The van der Waals surface area contributed by atoms with Gasteiger partial charge < -0.3 is 5.73 Å². The Kier molecular flexibility index (Phi) is 3.82. The highest BCUT2D eigenvalue weighted by Crippen LogP contribution is 2.31. The lowest BCUT2D eigenvalue weighted by molar-refractivity contribution is -0.137. The smallest absolute Gasteiger partial charge is 0.330 e. The van der Waals surface area contributed by atoms with Crippen LogP contribution in [0.25, 0.3) is 5.69 Å². The molecule has 1 aromatic heterocycles. The van der Waals surface area contributed by atoms with Crippen molar-refractivity contribution in [3.05, 3.63) is 46.7 Å². The number of hydrogen-bond acceptors (Lipinski definition) is 2. The van der Waals surface area contributed by atoms with E-state index in [2.05, 4.69) is 5.10 Å². The summed E-state index contributed by atoms with van der Waals surface area (Å²) in [7, 11) is 0. The minimum absolute atomic E-state index is 0.267. The first-order valence-corrected chi connectivity index (χ1v) is 5.91. The molecule has 7 heteroatoms. The molecule has 0 spiro atoms. The standard InChI is InChI=1S/C12H11ClF3N3/c13-11-8(4-5-17)7-18-19(11)10-3-1-2-9(6-10)12(14,15)16/h1-3,6-7H,4-5,17H2. The van der Waals surface area contributed by atoms with Crippen LogP contribution in [-0.4, -0.2) is 16.3 Å². The van der Waals surface area contributed by atoms with E-state index in [9.17, 15) is 13.2 Å². The summed E-state index contributed by atoms with van der Waals surface area (Å²) in [6.07, 6.45) is -2.36. The van der Waals surface area contributed by atoms with Crippen LogP contribution in [0.2, 0.25) is 5.15 Å². The predicted octanol–water partition coefficient (Wildman–Crippen LogP) is 3.05. The van der Waals surface area contributed by atoms with Gasteiger partial charge in [0.25, 0.3) is 0 Å². The van der Waals surface area contributed by atoms with E-state index < -0.39 is 11.7 Å². The van der Waals surface area contributed by atoms with Gasteiger partial charge in [0.05, 0.1) is 17.4 Å². The van der Waals surface area contributed by atoms with E-state index in [1.165, 1.54) is 23.0 Å². The molecule has 0 aliphatic carbocycles. The summed E-state index contributed by atoms with van der Waals surface area (Å²) in [5, 5.41) is 4.27. The SMILES string of the molecule is NCCc1cnn(-c2cccc(C(F)(F)F)c2)c1Cl. The summed E-state index contributed by atoms with van der Waals surface area (Å²) < 4.78 is 39.2. The third-order valence-corrected chi connectivity index (χ3v) is 3.01. The van der Waals surface area contributed by atoms with E-state index in [1.807, 2.05) is 0 Å². The Morgan fingerprint density at radius 2 is 2.05 bits per heavy atom. The third kappa shape index (κ3) is 2.90. The number of aromatic nitrogens is 2. The average Bonchev–Trinajstić information content (AvgIpc) is 2.71. The van der Waals surface area contributed by atoms with Crippen molar-refractivity contribution in [2.75, 3.05) is 6.54 Å². The van der Waals surface area contributed by atoms with Gasteiger partial charge in [-0.3, -0.25) is 0 Å². The van der Waals surface area contributed by atoms with Crippen molar-refractivity contribution >= 4 is 11.6 Å². The number of nitrogens with zero attached hydrogens (tertiary/aromatic N) is 2. The molecule has 1 aromatic carbocycles. The lowest BCUT2D eigenvalue weighted by atomic mass is 10.2. The van der Waals surface area contributed by atoms with Crippen LogP contribution in [0.3, 0.4) is 0 Å². The zero-order valence-electron chi connectivity index (χ0n) is 9.78. The van der Waals surface area contributed by atoms with Gasteiger partial charge in [-0.05, 0) is 31.2 Å². The highest BCUT2D eigenvalue weighted by atomic mass is 35.5. The van der Waals surface area contributed by atoms with Crippen LogP contribution in [0, 0.1) is 0 Å². The lowest BCUT2D eigenvalue weighted by Gasteiger charge is -2.09. The molecule has 0 saturated heterocycles. The van der Waals surface area contributed by atoms with Gasteiger partial charge in [-0.25, -0.2) is 4.68 Å². The topological polar surface area (TPSA) is 43.8 Å². The maximum absolute atomic E-state index is 12.6. The van der Waals surface area contributed by atoms with Gasteiger partial charge in [0.2, 0.25) is 0 Å². The molecule has 0 unspecified atom stereocenters. The second-order valence-corrected chi connectivity index (χ2v) is 4.32. The molecule has 0 amide bonds. The van der Waals surface area contributed by atoms with Crippen LogP contribution in [0.15, 0.2) is 30.5 Å². The van der Waals surface area contributed by atoms with Crippen LogP contribution in [0.1, 0.15) is 11.1 Å². The second-order valence-electron chi connectivity index (χ2n) is 3.96. The molecule has 0 radical (unpaired) electrons. The van der Waals surface area contributed by atoms with Crippen molar-refractivity contribution in [1.82, 2.24) is 9.78 Å². The van der Waals surface area contributed by atoms with E-state index in [4.69, 9.17) is 17.3 Å². The quantitative estimate of drug-likeness (QED) is 0.944. The molecular weight excluding hydrogens is 279 g/mol. The number of rotatable bonds is 3. The molecule has 2 rings (SSSR count). The minimum atomic E-state index is -4.39. The van der Waals surface area contributed by atoms with Crippen LogP contribution in [0.4, 0.5) is 13.2 Å². The molecule has 2 N–H and O–H groups in total. The molecule has 2 aromatic rings. The van der Waals surface area contributed by atoms with Crippen LogP contribution in [0.5, 0.6) is 0 Å². The van der Waals surface area contributed by atoms with Gasteiger partial charge in [-0.15, -0.1) is 0 Å². The van der Waals surface area contributed by atoms with Crippen LogP contribution < -0.4 is 5.73 Å². The van der Waals surface area contributed by atoms with Crippen molar-refractivity contribution < 1.29 is 13.2 Å². The highest BCUT2D eigenvalue weighted by Gasteiger charge is 2.30. The molecule has 102 valence electrons. The van der Waals surface area contributed by atoms with E-state index in [0.717, 1.165) is 12.1 Å². The molecule has 0 atom stereocenters. The third-order valence-electron chi connectivity index (χ3n) is 2.61. The Morgan fingerprint density at radius 1 is 1.32 bits per heavy atom. The summed E-state index contributed by atoms with van der Waals surface area (Å²) in [6.45, 7) is 0.397. The number of halogens is 4. The van der Waals surface area contributed by atoms with E-state index in [1.54, 1.807) is 0 Å². The van der Waals surface area contributed by atoms with Crippen LogP contribution >= 0.6 is 11.6 Å². The van der Waals surface area contributed by atoms with E-state index in [0.29, 0.717) is 18.5 Å². The summed E-state index contributed by atoms with van der Waals surface area (Å²) >= 11 is 6.07. The van der Waals surface area contributed by atoms with Crippen molar-refractivity contribution in [3.8, 4) is 5.69 Å². The Balaban J connectivity index is 2.42. The molecule has 1 heterocycles. The summed E-state index contributed by atoms with van der Waals surface area (Å²) in [5.41, 5.74) is 5.65. The van der Waals surface area contributed by atoms with E-state index in [-0.39, 0.29) is 10.8 Å². The largest absolute Gasteiger partial charge is 0.416 e. The summed E-state index contributed by atoms with van der Waals surface area (Å²) in [6, 6.07) is 4.84. The average molecular weight is 290 g/mol. The van der Waals surface area contributed by atoms with Gasteiger partial charge in [-0.1, -0.05) is 17.7 Å². The Labute approximate surface area is 112 Å². The first kappa shape index (κ1) is 13.9. The first-order valence-electron chi connectivity index (χ1n) is 5.53. The number of alkyl halides is 3. The molecule has 0 bridgehead atoms. The molecule has 0 fully saturated rings. The summed E-state index contributed by atoms with van der Waals surface area (Å²) in [4.78, 5) is 0. The maximum atomic E-state index is 12.6. The second kappa shape index (κ2) is 5.22. The van der Waals surface area contributed by atoms with E-state index >= 15 is 0 Å². The lowest BCUT2D eigenvalue weighted by Crippen LogP contribution is -2.07. The highest BCUT2D eigenvalue weighted by molar-refractivity contribution is 6.30. The number of benzene rings is 1. The fourth-order valence-electron chi connectivity index (χ4n) is 1.68. The Hall–Kier alpha value is -1.53. The van der Waals surface area contributed by atoms with Crippen LogP contribution in [-0.2, 0) is 12.6 Å². The molecular formula is C12H11ClF3N3. The van der Waals surface area contributed by atoms with Gasteiger partial charge in [-0.2, -0.15) is 18.3 Å².